The molecule has 0 aromatic rings. The molecule has 0 heterocycles. The van der Waals surface area contributed by atoms with E-state index in [2.05, 4.69) is 0 Å². The SMILES string of the molecule is N.OB(O)O.OCCN(CCO)CCO. The van der Waals surface area contributed by atoms with Crippen molar-refractivity contribution in [2.45, 2.75) is 0 Å². The van der Waals surface area contributed by atoms with Crippen molar-refractivity contribution >= 4 is 7.32 Å². The number of hydrogen-bond donors (Lipinski definition) is 7. The molecule has 9 N–H and O–H groups in total. The van der Waals surface area contributed by atoms with Gasteiger partial charge in [-0.05, 0) is 0 Å². The number of hydrogen-bond acceptors (Lipinski definition) is 8. The zero-order chi connectivity index (χ0) is 11.4. The molecule has 0 spiro atoms. The van der Waals surface area contributed by atoms with Crippen molar-refractivity contribution in [1.82, 2.24) is 11.1 Å². The molecule has 0 aromatic heterocycles. The van der Waals surface area contributed by atoms with Gasteiger partial charge in [0.2, 0.25) is 0 Å². The number of aliphatic hydroxyl groups excluding tert-OH is 3. The third-order valence-electron chi connectivity index (χ3n) is 1.25. The monoisotopic (exact) mass is 228 g/mol. The van der Waals surface area contributed by atoms with E-state index in [0.717, 1.165) is 0 Å². The molecular formula is C6H21BN2O6. The summed E-state index contributed by atoms with van der Waals surface area (Å²) < 4.78 is 0. The molecule has 0 aliphatic heterocycles. The van der Waals surface area contributed by atoms with Gasteiger partial charge >= 0.3 is 7.32 Å². The highest BCUT2D eigenvalue weighted by Crippen LogP contribution is 1.84. The van der Waals surface area contributed by atoms with E-state index in [4.69, 9.17) is 30.4 Å². The Balaban J connectivity index is -0.000000249. The first-order chi connectivity index (χ1) is 6.58. The highest BCUT2D eigenvalue weighted by atomic mass is 16.5. The number of aliphatic hydroxyl groups is 3. The maximum absolute atomic E-state index is 8.48. The molecule has 9 heteroatoms. The zero-order valence-electron chi connectivity index (χ0n) is 8.66. The van der Waals surface area contributed by atoms with E-state index in [1.807, 2.05) is 0 Å². The van der Waals surface area contributed by atoms with Crippen LogP contribution in [0.15, 0.2) is 0 Å². The van der Waals surface area contributed by atoms with Crippen molar-refractivity contribution in [3.8, 4) is 0 Å². The van der Waals surface area contributed by atoms with Gasteiger partial charge in [-0.3, -0.25) is 4.90 Å². The van der Waals surface area contributed by atoms with Crippen LogP contribution in [0.5, 0.6) is 0 Å². The minimum absolute atomic E-state index is 0. The second-order valence-electron chi connectivity index (χ2n) is 2.36. The fourth-order valence-electron chi connectivity index (χ4n) is 0.760. The van der Waals surface area contributed by atoms with Crippen molar-refractivity contribution in [2.24, 2.45) is 0 Å². The van der Waals surface area contributed by atoms with Crippen LogP contribution in [-0.4, -0.2) is 82.1 Å². The van der Waals surface area contributed by atoms with Crippen molar-refractivity contribution in [1.29, 1.82) is 0 Å². The highest BCUT2D eigenvalue weighted by Gasteiger charge is 2.00. The number of nitrogens with zero attached hydrogens (tertiary/aromatic N) is 1. The van der Waals surface area contributed by atoms with E-state index in [9.17, 15) is 0 Å². The van der Waals surface area contributed by atoms with Gasteiger partial charge in [0.15, 0.2) is 0 Å². The van der Waals surface area contributed by atoms with E-state index in [1.165, 1.54) is 0 Å². The van der Waals surface area contributed by atoms with E-state index >= 15 is 0 Å². The van der Waals surface area contributed by atoms with Gasteiger partial charge < -0.3 is 36.5 Å². The van der Waals surface area contributed by atoms with Crippen LogP contribution in [0.25, 0.3) is 0 Å². The van der Waals surface area contributed by atoms with Crippen LogP contribution < -0.4 is 6.15 Å². The Bertz CT molecular complexity index is 92.6. The van der Waals surface area contributed by atoms with E-state index < -0.39 is 7.32 Å². The highest BCUT2D eigenvalue weighted by molar-refractivity contribution is 6.30. The maximum atomic E-state index is 8.48. The Morgan fingerprint density at radius 2 is 0.933 bits per heavy atom. The van der Waals surface area contributed by atoms with Gasteiger partial charge in [-0.1, -0.05) is 0 Å². The summed E-state index contributed by atoms with van der Waals surface area (Å²) >= 11 is 0. The van der Waals surface area contributed by atoms with Crippen LogP contribution in [0.2, 0.25) is 0 Å². The van der Waals surface area contributed by atoms with Crippen LogP contribution in [0.3, 0.4) is 0 Å². The molecule has 0 rings (SSSR count). The third-order valence-corrected chi connectivity index (χ3v) is 1.25. The lowest BCUT2D eigenvalue weighted by Gasteiger charge is -2.17. The van der Waals surface area contributed by atoms with Crippen molar-refractivity contribution in [3.63, 3.8) is 0 Å². The Morgan fingerprint density at radius 3 is 1.07 bits per heavy atom. The number of rotatable bonds is 6. The molecule has 0 unspecified atom stereocenters. The predicted octanol–water partition coefficient (Wildman–Crippen LogP) is -3.62. The fourth-order valence-corrected chi connectivity index (χ4v) is 0.760. The first kappa shape index (κ1) is 20.2. The second kappa shape index (κ2) is 16.2. The van der Waals surface area contributed by atoms with Gasteiger partial charge in [0.1, 0.15) is 0 Å². The second-order valence-corrected chi connectivity index (χ2v) is 2.36. The van der Waals surface area contributed by atoms with Crippen LogP contribution in [0, 0.1) is 0 Å². The molecule has 0 amide bonds. The predicted molar refractivity (Wildman–Crippen MR) is 55.1 cm³/mol. The van der Waals surface area contributed by atoms with Crippen molar-refractivity contribution < 1.29 is 30.4 Å². The average molecular weight is 228 g/mol. The normalized spacial score (nSPS) is 9.00. The molecule has 15 heavy (non-hydrogen) atoms. The van der Waals surface area contributed by atoms with Gasteiger partial charge in [-0.25, -0.2) is 0 Å². The summed E-state index contributed by atoms with van der Waals surface area (Å²) in [7, 11) is -2.17. The van der Waals surface area contributed by atoms with E-state index in [-0.39, 0.29) is 26.0 Å². The van der Waals surface area contributed by atoms with E-state index in [1.54, 1.807) is 4.90 Å². The topological polar surface area (TPSA) is 160 Å². The Hall–Kier alpha value is -0.255. The van der Waals surface area contributed by atoms with Crippen LogP contribution in [0.1, 0.15) is 0 Å². The maximum Gasteiger partial charge on any atom is 0.631 e. The summed E-state index contributed by atoms with van der Waals surface area (Å²) in [4.78, 5) is 1.79. The molecule has 0 fully saturated rings. The quantitative estimate of drug-likeness (QED) is 0.229. The van der Waals surface area contributed by atoms with Gasteiger partial charge in [0, 0.05) is 19.6 Å². The average Bonchev–Trinajstić information content (AvgIpc) is 2.04. The van der Waals surface area contributed by atoms with Crippen molar-refractivity contribution in [3.05, 3.63) is 0 Å². The lowest BCUT2D eigenvalue weighted by Crippen LogP contribution is -2.32. The van der Waals surface area contributed by atoms with Gasteiger partial charge in [0.25, 0.3) is 0 Å². The summed E-state index contributed by atoms with van der Waals surface area (Å²) in [6.07, 6.45) is 0. The Labute approximate surface area is 89.2 Å². The van der Waals surface area contributed by atoms with Crippen LogP contribution in [0.4, 0.5) is 0 Å². The lowest BCUT2D eigenvalue weighted by molar-refractivity contribution is 0.136. The molecule has 0 aromatic carbocycles. The molecule has 0 bridgehead atoms. The molecule has 0 saturated heterocycles. The minimum Gasteiger partial charge on any atom is -0.402 e. The molecule has 0 atom stereocenters. The Kier molecular flexibility index (Phi) is 21.8. The molecular weight excluding hydrogens is 207 g/mol. The van der Waals surface area contributed by atoms with Gasteiger partial charge in [0.05, 0.1) is 19.8 Å². The zero-order valence-corrected chi connectivity index (χ0v) is 8.66. The standard InChI is InChI=1S/C6H15NO3.BH3O3.H3N/c8-4-1-7(2-5-9)3-6-10;2-1(3)4;/h8-10H,1-6H2;2-4H;1H3. The lowest BCUT2D eigenvalue weighted by atomic mass is 10.3. The first-order valence-corrected chi connectivity index (χ1v) is 4.17. The summed E-state index contributed by atoms with van der Waals surface area (Å²) in [5.74, 6) is 0. The summed E-state index contributed by atoms with van der Waals surface area (Å²) in [6, 6.07) is 0. The molecule has 94 valence electrons. The molecule has 0 radical (unpaired) electrons. The van der Waals surface area contributed by atoms with Crippen LogP contribution >= 0.6 is 0 Å². The molecule has 0 saturated carbocycles. The summed E-state index contributed by atoms with van der Waals surface area (Å²) in [5.41, 5.74) is 0. The molecule has 0 aliphatic rings. The fraction of sp³-hybridized carbons (Fsp3) is 1.00. The minimum atomic E-state index is -2.17. The van der Waals surface area contributed by atoms with E-state index in [0.29, 0.717) is 19.6 Å². The van der Waals surface area contributed by atoms with Crippen molar-refractivity contribution in [2.75, 3.05) is 39.5 Å². The summed E-state index contributed by atoms with van der Waals surface area (Å²) in [6.45, 7) is 1.75. The molecule has 0 aliphatic carbocycles. The Morgan fingerprint density at radius 1 is 0.733 bits per heavy atom. The first-order valence-electron chi connectivity index (χ1n) is 4.17. The largest absolute Gasteiger partial charge is 0.631 e. The smallest absolute Gasteiger partial charge is 0.402 e. The third kappa shape index (κ3) is 24.8. The van der Waals surface area contributed by atoms with Crippen LogP contribution in [-0.2, 0) is 0 Å². The molecule has 8 nitrogen and oxygen atoms in total. The summed E-state index contributed by atoms with van der Waals surface area (Å²) in [5, 5.41) is 47.0. The van der Waals surface area contributed by atoms with Gasteiger partial charge in [-0.2, -0.15) is 0 Å². The van der Waals surface area contributed by atoms with Gasteiger partial charge in [-0.15, -0.1) is 0 Å².